The molecule has 0 amide bonds. The predicted octanol–water partition coefficient (Wildman–Crippen LogP) is 2.59. The topological polar surface area (TPSA) is 67.6 Å². The van der Waals surface area contributed by atoms with Gasteiger partial charge in [-0.1, -0.05) is 11.6 Å². The molecular formula is C13H13ClN4. The number of halogens is 1. The lowest BCUT2D eigenvalue weighted by Crippen LogP contribution is -2.31. The second-order valence-electron chi connectivity index (χ2n) is 4.65. The molecule has 92 valence electrons. The van der Waals surface area contributed by atoms with Gasteiger partial charge in [0.15, 0.2) is 0 Å². The van der Waals surface area contributed by atoms with E-state index < -0.39 is 5.54 Å². The van der Waals surface area contributed by atoms with Gasteiger partial charge in [-0.3, -0.25) is 4.57 Å². The van der Waals surface area contributed by atoms with Crippen molar-refractivity contribution < 1.29 is 0 Å². The highest BCUT2D eigenvalue weighted by atomic mass is 35.5. The maximum Gasteiger partial charge on any atom is 0.0995 e. The molecule has 0 saturated carbocycles. The monoisotopic (exact) mass is 260 g/mol. The molecule has 2 rings (SSSR count). The fraction of sp³-hybridized carbons (Fsp3) is 0.231. The number of rotatable bonds is 2. The summed E-state index contributed by atoms with van der Waals surface area (Å²) in [6, 6.07) is 7.19. The van der Waals surface area contributed by atoms with E-state index in [9.17, 15) is 0 Å². The Morgan fingerprint density at radius 2 is 2.17 bits per heavy atom. The van der Waals surface area contributed by atoms with Gasteiger partial charge in [0.05, 0.1) is 46.1 Å². The van der Waals surface area contributed by atoms with Gasteiger partial charge < -0.3 is 5.73 Å². The molecule has 5 heteroatoms. The molecule has 0 aliphatic heterocycles. The van der Waals surface area contributed by atoms with Crippen LogP contribution in [0.25, 0.3) is 5.69 Å². The number of imidazole rings is 1. The number of aromatic nitrogens is 2. The van der Waals surface area contributed by atoms with Crippen LogP contribution in [-0.2, 0) is 5.54 Å². The third-order valence-electron chi connectivity index (χ3n) is 2.63. The summed E-state index contributed by atoms with van der Waals surface area (Å²) >= 11 is 6.18. The summed E-state index contributed by atoms with van der Waals surface area (Å²) in [5.74, 6) is 0. The van der Waals surface area contributed by atoms with E-state index in [1.165, 1.54) is 0 Å². The van der Waals surface area contributed by atoms with Crippen LogP contribution in [0.3, 0.4) is 0 Å². The highest BCUT2D eigenvalue weighted by Gasteiger charge is 2.20. The molecule has 0 fully saturated rings. The molecule has 2 N–H and O–H groups in total. The molecule has 4 nitrogen and oxygen atoms in total. The van der Waals surface area contributed by atoms with Crippen LogP contribution in [0, 0.1) is 11.3 Å². The molecule has 0 radical (unpaired) electrons. The van der Waals surface area contributed by atoms with Crippen molar-refractivity contribution in [1.29, 1.82) is 5.26 Å². The Bertz CT molecular complexity index is 617. The molecule has 1 aromatic carbocycles. The number of hydrogen-bond acceptors (Lipinski definition) is 3. The number of nitriles is 1. The quantitative estimate of drug-likeness (QED) is 0.902. The third kappa shape index (κ3) is 2.23. The number of nitrogens with zero attached hydrogens (tertiary/aromatic N) is 3. The van der Waals surface area contributed by atoms with Gasteiger partial charge in [0.25, 0.3) is 0 Å². The molecular weight excluding hydrogens is 248 g/mol. The number of hydrogen-bond donors (Lipinski definition) is 1. The Labute approximate surface area is 111 Å². The maximum absolute atomic E-state index is 8.82. The fourth-order valence-electron chi connectivity index (χ4n) is 1.74. The molecule has 18 heavy (non-hydrogen) atoms. The van der Waals surface area contributed by atoms with Gasteiger partial charge in [0.2, 0.25) is 0 Å². The fourth-order valence-corrected chi connectivity index (χ4v) is 2.01. The Balaban J connectivity index is 2.57. The van der Waals surface area contributed by atoms with Crippen LogP contribution in [0.2, 0.25) is 5.02 Å². The Morgan fingerprint density at radius 1 is 1.44 bits per heavy atom. The van der Waals surface area contributed by atoms with Gasteiger partial charge in [0.1, 0.15) is 0 Å². The molecule has 0 aliphatic carbocycles. The van der Waals surface area contributed by atoms with Crippen molar-refractivity contribution in [2.75, 3.05) is 0 Å². The van der Waals surface area contributed by atoms with E-state index in [0.29, 0.717) is 10.6 Å². The molecule has 0 aliphatic rings. The van der Waals surface area contributed by atoms with E-state index >= 15 is 0 Å². The zero-order valence-corrected chi connectivity index (χ0v) is 10.9. The first-order valence-corrected chi connectivity index (χ1v) is 5.83. The van der Waals surface area contributed by atoms with Gasteiger partial charge in [0, 0.05) is 0 Å². The largest absolute Gasteiger partial charge is 0.321 e. The second kappa shape index (κ2) is 4.45. The SMILES string of the molecule is CC(C)(N)c1cncn1-c1ccc(C#N)cc1Cl. The van der Waals surface area contributed by atoms with Gasteiger partial charge in [-0.2, -0.15) is 5.26 Å². The first kappa shape index (κ1) is 12.6. The third-order valence-corrected chi connectivity index (χ3v) is 2.94. The highest BCUT2D eigenvalue weighted by Crippen LogP contribution is 2.26. The Hall–Kier alpha value is -1.83. The predicted molar refractivity (Wildman–Crippen MR) is 70.5 cm³/mol. The minimum absolute atomic E-state index is 0.498. The van der Waals surface area contributed by atoms with Crippen LogP contribution >= 0.6 is 11.6 Å². The van der Waals surface area contributed by atoms with Crippen molar-refractivity contribution in [2.45, 2.75) is 19.4 Å². The van der Waals surface area contributed by atoms with Crippen LogP contribution < -0.4 is 5.73 Å². The van der Waals surface area contributed by atoms with Crippen molar-refractivity contribution in [3.8, 4) is 11.8 Å². The first-order chi connectivity index (χ1) is 8.43. The normalized spacial score (nSPS) is 11.3. The van der Waals surface area contributed by atoms with Crippen LogP contribution in [-0.4, -0.2) is 9.55 Å². The molecule has 0 atom stereocenters. The van der Waals surface area contributed by atoms with E-state index in [-0.39, 0.29) is 0 Å². The van der Waals surface area contributed by atoms with E-state index in [0.717, 1.165) is 11.4 Å². The maximum atomic E-state index is 8.82. The number of nitrogens with two attached hydrogens (primary N) is 1. The van der Waals surface area contributed by atoms with Crippen molar-refractivity contribution in [3.05, 3.63) is 47.0 Å². The summed E-state index contributed by atoms with van der Waals surface area (Å²) in [4.78, 5) is 4.11. The summed E-state index contributed by atoms with van der Waals surface area (Å²) in [5.41, 5.74) is 7.72. The second-order valence-corrected chi connectivity index (χ2v) is 5.06. The standard InChI is InChI=1S/C13H13ClN4/c1-13(2,16)12-7-17-8-18(12)11-4-3-9(6-15)5-10(11)14/h3-5,7-8H,16H2,1-2H3. The summed E-state index contributed by atoms with van der Waals surface area (Å²) in [6.45, 7) is 3.80. The van der Waals surface area contributed by atoms with Crippen molar-refractivity contribution >= 4 is 11.6 Å². The molecule has 0 spiro atoms. The lowest BCUT2D eigenvalue weighted by molar-refractivity contribution is 0.524. The Morgan fingerprint density at radius 3 is 2.72 bits per heavy atom. The van der Waals surface area contributed by atoms with Crippen LogP contribution in [0.1, 0.15) is 25.1 Å². The Kier molecular flexibility index (Phi) is 3.12. The first-order valence-electron chi connectivity index (χ1n) is 5.45. The van der Waals surface area contributed by atoms with Crippen molar-refractivity contribution in [1.82, 2.24) is 9.55 Å². The molecule has 1 aromatic heterocycles. The van der Waals surface area contributed by atoms with Gasteiger partial charge in [-0.15, -0.1) is 0 Å². The van der Waals surface area contributed by atoms with E-state index in [2.05, 4.69) is 11.1 Å². The zero-order chi connectivity index (χ0) is 13.3. The van der Waals surface area contributed by atoms with Crippen LogP contribution in [0.5, 0.6) is 0 Å². The summed E-state index contributed by atoms with van der Waals surface area (Å²) in [7, 11) is 0. The van der Waals surface area contributed by atoms with E-state index in [1.54, 1.807) is 30.7 Å². The zero-order valence-electron chi connectivity index (χ0n) is 10.2. The highest BCUT2D eigenvalue weighted by molar-refractivity contribution is 6.32. The average molecular weight is 261 g/mol. The minimum Gasteiger partial charge on any atom is -0.321 e. The van der Waals surface area contributed by atoms with Gasteiger partial charge in [-0.05, 0) is 32.0 Å². The lowest BCUT2D eigenvalue weighted by Gasteiger charge is -2.21. The summed E-state index contributed by atoms with van der Waals surface area (Å²) in [5, 5.41) is 9.32. The summed E-state index contributed by atoms with van der Waals surface area (Å²) < 4.78 is 1.84. The summed E-state index contributed by atoms with van der Waals surface area (Å²) in [6.07, 6.45) is 3.38. The molecule has 0 unspecified atom stereocenters. The molecule has 2 aromatic rings. The van der Waals surface area contributed by atoms with Crippen LogP contribution in [0.15, 0.2) is 30.7 Å². The number of benzene rings is 1. The van der Waals surface area contributed by atoms with Crippen molar-refractivity contribution in [3.63, 3.8) is 0 Å². The van der Waals surface area contributed by atoms with Gasteiger partial charge >= 0.3 is 0 Å². The minimum atomic E-state index is -0.520. The van der Waals surface area contributed by atoms with Crippen LogP contribution in [0.4, 0.5) is 0 Å². The van der Waals surface area contributed by atoms with E-state index in [4.69, 9.17) is 22.6 Å². The average Bonchev–Trinajstić information content (AvgIpc) is 2.77. The molecule has 0 bridgehead atoms. The molecule has 1 heterocycles. The molecule has 0 saturated heterocycles. The van der Waals surface area contributed by atoms with Gasteiger partial charge in [-0.25, -0.2) is 4.98 Å². The van der Waals surface area contributed by atoms with Crippen molar-refractivity contribution in [2.24, 2.45) is 5.73 Å². The van der Waals surface area contributed by atoms with E-state index in [1.807, 2.05) is 18.4 Å². The smallest absolute Gasteiger partial charge is 0.0995 e. The lowest BCUT2D eigenvalue weighted by atomic mass is 10.0.